The van der Waals surface area contributed by atoms with Gasteiger partial charge >= 0.3 is 0 Å². The molecule has 0 fully saturated rings. The van der Waals surface area contributed by atoms with Crippen molar-refractivity contribution in [3.63, 3.8) is 0 Å². The van der Waals surface area contributed by atoms with Crippen molar-refractivity contribution in [1.82, 2.24) is 4.37 Å². The molecule has 2 aromatic rings. The lowest BCUT2D eigenvalue weighted by Crippen LogP contribution is -2.15. The summed E-state index contributed by atoms with van der Waals surface area (Å²) in [6.45, 7) is 2.89. The van der Waals surface area contributed by atoms with Crippen LogP contribution in [0.1, 0.15) is 11.1 Å². The van der Waals surface area contributed by atoms with Crippen molar-refractivity contribution in [3.8, 4) is 0 Å². The van der Waals surface area contributed by atoms with Gasteiger partial charge < -0.3 is 10.6 Å². The Hall–Kier alpha value is -0.590. The molecule has 0 unspecified atom stereocenters. The summed E-state index contributed by atoms with van der Waals surface area (Å²) in [6, 6.07) is 2.14. The molecule has 0 bridgehead atoms. The molecule has 0 aliphatic carbocycles. The molecule has 0 aliphatic heterocycles. The summed E-state index contributed by atoms with van der Waals surface area (Å²) in [4.78, 5) is 2.18. The number of hydrogen-bond donors (Lipinski definition) is 1. The number of nitrogens with zero attached hydrogens (tertiary/aromatic N) is 2. The molecule has 0 amide bonds. The molecule has 6 heteroatoms. The van der Waals surface area contributed by atoms with Crippen molar-refractivity contribution >= 4 is 49.6 Å². The molecule has 0 saturated heterocycles. The molecule has 0 radical (unpaired) electrons. The van der Waals surface area contributed by atoms with E-state index in [1.54, 1.807) is 11.3 Å². The van der Waals surface area contributed by atoms with E-state index < -0.39 is 0 Å². The Morgan fingerprint density at radius 3 is 2.81 bits per heavy atom. The first-order chi connectivity index (χ1) is 7.58. The zero-order valence-electron chi connectivity index (χ0n) is 9.03. The van der Waals surface area contributed by atoms with E-state index in [2.05, 4.69) is 43.7 Å². The van der Waals surface area contributed by atoms with Gasteiger partial charge in [0.15, 0.2) is 0 Å². The zero-order valence-corrected chi connectivity index (χ0v) is 12.2. The molecule has 0 atom stereocenters. The number of rotatable bonds is 3. The average Bonchev–Trinajstić information content (AvgIpc) is 2.76. The van der Waals surface area contributed by atoms with Crippen LogP contribution in [0.25, 0.3) is 0 Å². The molecular formula is C10H12BrN3S2. The Kier molecular flexibility index (Phi) is 3.51. The van der Waals surface area contributed by atoms with E-state index >= 15 is 0 Å². The van der Waals surface area contributed by atoms with Gasteiger partial charge in [-0.25, -0.2) is 0 Å². The third kappa shape index (κ3) is 2.39. The number of halogens is 1. The standard InChI is InChI=1S/C10H12BrN3S2/c1-6-9(12)13-16-10(6)14(2)4-7-3-8(11)15-5-7/h3,5H,4H2,1-2H3,(H2,12,13). The Bertz CT molecular complexity index is 492. The number of thiophene rings is 1. The van der Waals surface area contributed by atoms with Crippen LogP contribution in [0.2, 0.25) is 0 Å². The van der Waals surface area contributed by atoms with Crippen LogP contribution in [0.4, 0.5) is 10.8 Å². The third-order valence-electron chi connectivity index (χ3n) is 2.32. The van der Waals surface area contributed by atoms with Crippen molar-refractivity contribution in [1.29, 1.82) is 0 Å². The van der Waals surface area contributed by atoms with Gasteiger partial charge in [-0.1, -0.05) is 0 Å². The summed E-state index contributed by atoms with van der Waals surface area (Å²) >= 11 is 6.62. The first-order valence-electron chi connectivity index (χ1n) is 4.73. The van der Waals surface area contributed by atoms with Gasteiger partial charge in [0, 0.05) is 19.2 Å². The molecule has 2 aromatic heterocycles. The lowest BCUT2D eigenvalue weighted by molar-refractivity contribution is 0.935. The van der Waals surface area contributed by atoms with Crippen LogP contribution in [0.5, 0.6) is 0 Å². The average molecular weight is 318 g/mol. The van der Waals surface area contributed by atoms with E-state index in [1.165, 1.54) is 17.1 Å². The molecular weight excluding hydrogens is 306 g/mol. The maximum absolute atomic E-state index is 5.74. The molecule has 16 heavy (non-hydrogen) atoms. The van der Waals surface area contributed by atoms with Gasteiger partial charge in [-0.3, -0.25) is 0 Å². The SMILES string of the molecule is Cc1c(N)nsc1N(C)Cc1csc(Br)c1. The quantitative estimate of drug-likeness (QED) is 0.942. The van der Waals surface area contributed by atoms with Gasteiger partial charge in [-0.2, -0.15) is 4.37 Å². The van der Waals surface area contributed by atoms with Crippen molar-refractivity contribution in [3.05, 3.63) is 26.4 Å². The van der Waals surface area contributed by atoms with E-state index in [-0.39, 0.29) is 0 Å². The minimum Gasteiger partial charge on any atom is -0.383 e. The smallest absolute Gasteiger partial charge is 0.142 e. The molecule has 2 N–H and O–H groups in total. The third-order valence-corrected chi connectivity index (χ3v) is 4.96. The van der Waals surface area contributed by atoms with Crippen molar-refractivity contribution in [2.45, 2.75) is 13.5 Å². The molecule has 2 heterocycles. The minimum absolute atomic E-state index is 0.637. The minimum atomic E-state index is 0.637. The van der Waals surface area contributed by atoms with E-state index in [4.69, 9.17) is 5.73 Å². The summed E-state index contributed by atoms with van der Waals surface area (Å²) < 4.78 is 5.32. The van der Waals surface area contributed by atoms with Crippen LogP contribution in [0, 0.1) is 6.92 Å². The fourth-order valence-electron chi connectivity index (χ4n) is 1.47. The van der Waals surface area contributed by atoms with E-state index in [9.17, 15) is 0 Å². The summed E-state index contributed by atoms with van der Waals surface area (Å²) in [5.74, 6) is 0.637. The van der Waals surface area contributed by atoms with Gasteiger partial charge in [0.05, 0.1) is 3.79 Å². The van der Waals surface area contributed by atoms with Gasteiger partial charge in [-0.05, 0) is 51.4 Å². The molecule has 0 aliphatic rings. The summed E-state index contributed by atoms with van der Waals surface area (Å²) in [7, 11) is 2.06. The molecule has 2 rings (SSSR count). The highest BCUT2D eigenvalue weighted by molar-refractivity contribution is 9.11. The molecule has 0 aromatic carbocycles. The molecule has 86 valence electrons. The topological polar surface area (TPSA) is 42.1 Å². The monoisotopic (exact) mass is 317 g/mol. The highest BCUT2D eigenvalue weighted by Crippen LogP contribution is 2.30. The lowest BCUT2D eigenvalue weighted by atomic mass is 10.3. The van der Waals surface area contributed by atoms with Gasteiger partial charge in [0.1, 0.15) is 10.8 Å². The first kappa shape index (κ1) is 11.9. The Labute approximate surface area is 111 Å². The number of nitrogens with two attached hydrogens (primary N) is 1. The van der Waals surface area contributed by atoms with Crippen molar-refractivity contribution in [2.24, 2.45) is 0 Å². The zero-order chi connectivity index (χ0) is 11.7. The number of nitrogen functional groups attached to an aromatic ring is 1. The van der Waals surface area contributed by atoms with Crippen LogP contribution in [0.15, 0.2) is 15.2 Å². The largest absolute Gasteiger partial charge is 0.383 e. The van der Waals surface area contributed by atoms with Gasteiger partial charge in [0.25, 0.3) is 0 Å². The Morgan fingerprint density at radius 2 is 2.31 bits per heavy atom. The summed E-state index contributed by atoms with van der Waals surface area (Å²) in [6.07, 6.45) is 0. The van der Waals surface area contributed by atoms with Crippen molar-refractivity contribution < 1.29 is 0 Å². The fraction of sp³-hybridized carbons (Fsp3) is 0.300. The predicted molar refractivity (Wildman–Crippen MR) is 75.4 cm³/mol. The highest BCUT2D eigenvalue weighted by atomic mass is 79.9. The van der Waals surface area contributed by atoms with Crippen LogP contribution >= 0.6 is 38.8 Å². The van der Waals surface area contributed by atoms with Gasteiger partial charge in [0.2, 0.25) is 0 Å². The summed E-state index contributed by atoms with van der Waals surface area (Å²) in [5.41, 5.74) is 8.11. The predicted octanol–water partition coefficient (Wildman–Crippen LogP) is 3.49. The van der Waals surface area contributed by atoms with Crippen LogP contribution in [-0.2, 0) is 6.54 Å². The second-order valence-corrected chi connectivity index (χ2v) is 6.66. The second-order valence-electron chi connectivity index (χ2n) is 3.61. The van der Waals surface area contributed by atoms with E-state index in [0.29, 0.717) is 5.82 Å². The Balaban J connectivity index is 2.14. The second kappa shape index (κ2) is 4.73. The number of aromatic nitrogens is 1. The maximum Gasteiger partial charge on any atom is 0.142 e. The Morgan fingerprint density at radius 1 is 1.56 bits per heavy atom. The van der Waals surface area contributed by atoms with Crippen LogP contribution in [0.3, 0.4) is 0 Å². The lowest BCUT2D eigenvalue weighted by Gasteiger charge is -2.16. The molecule has 0 spiro atoms. The highest BCUT2D eigenvalue weighted by Gasteiger charge is 2.11. The van der Waals surface area contributed by atoms with Crippen LogP contribution in [-0.4, -0.2) is 11.4 Å². The maximum atomic E-state index is 5.74. The first-order valence-corrected chi connectivity index (χ1v) is 7.18. The molecule has 0 saturated carbocycles. The summed E-state index contributed by atoms with van der Waals surface area (Å²) in [5, 5.41) is 3.29. The molecule has 3 nitrogen and oxygen atoms in total. The number of hydrogen-bond acceptors (Lipinski definition) is 5. The van der Waals surface area contributed by atoms with Crippen LogP contribution < -0.4 is 10.6 Å². The van der Waals surface area contributed by atoms with Crippen molar-refractivity contribution in [2.75, 3.05) is 17.7 Å². The number of anilines is 2. The van der Waals surface area contributed by atoms with Gasteiger partial charge in [-0.15, -0.1) is 11.3 Å². The van der Waals surface area contributed by atoms with E-state index in [0.717, 1.165) is 20.9 Å². The normalized spacial score (nSPS) is 10.7. The fourth-order valence-corrected chi connectivity index (χ4v) is 3.44. The van der Waals surface area contributed by atoms with E-state index in [1.807, 2.05) is 6.92 Å².